The van der Waals surface area contributed by atoms with Crippen LogP contribution in [0.5, 0.6) is 0 Å². The van der Waals surface area contributed by atoms with Crippen LogP contribution >= 0.6 is 0 Å². The van der Waals surface area contributed by atoms with Gasteiger partial charge in [0.05, 0.1) is 16.7 Å². The number of rotatable bonds is 2. The van der Waals surface area contributed by atoms with Crippen molar-refractivity contribution in [2.75, 3.05) is 0 Å². The van der Waals surface area contributed by atoms with Crippen molar-refractivity contribution >= 4 is 21.8 Å². The van der Waals surface area contributed by atoms with Crippen LogP contribution in [0.1, 0.15) is 16.7 Å². The van der Waals surface area contributed by atoms with E-state index in [1.54, 1.807) is 0 Å². The van der Waals surface area contributed by atoms with Gasteiger partial charge in [-0.05, 0) is 49.6 Å². The van der Waals surface area contributed by atoms with Gasteiger partial charge in [-0.25, -0.2) is 4.68 Å². The summed E-state index contributed by atoms with van der Waals surface area (Å²) in [6, 6.07) is 23.2. The molecule has 0 aliphatic rings. The van der Waals surface area contributed by atoms with E-state index in [0.717, 1.165) is 38.8 Å². The summed E-state index contributed by atoms with van der Waals surface area (Å²) in [5.74, 6) is 0. The maximum Gasteiger partial charge on any atom is 0.102 e. The maximum atomic E-state index is 5.08. The average Bonchev–Trinajstić information content (AvgIpc) is 3.10. The van der Waals surface area contributed by atoms with Crippen LogP contribution in [0.3, 0.4) is 0 Å². The molecule has 3 nitrogen and oxygen atoms in total. The second-order valence-corrected chi connectivity index (χ2v) is 7.39. The second-order valence-electron chi connectivity index (χ2n) is 7.39. The first-order valence-corrected chi connectivity index (χ1v) is 9.53. The molecule has 3 heteroatoms. The van der Waals surface area contributed by atoms with E-state index in [1.807, 2.05) is 12.3 Å². The Morgan fingerprint density at radius 1 is 0.786 bits per heavy atom. The minimum atomic E-state index is 0.964. The average molecular weight is 363 g/mol. The van der Waals surface area contributed by atoms with Crippen LogP contribution in [-0.2, 0) is 0 Å². The third kappa shape index (κ3) is 2.51. The molecule has 0 saturated heterocycles. The van der Waals surface area contributed by atoms with E-state index in [-0.39, 0.29) is 0 Å². The SMILES string of the molecule is Cc1ccc2c(c1)ncc1c(-c3ccccc3)nn(-c3cccc(C)c3C)c12. The summed E-state index contributed by atoms with van der Waals surface area (Å²) >= 11 is 0. The van der Waals surface area contributed by atoms with E-state index in [0.29, 0.717) is 0 Å². The van der Waals surface area contributed by atoms with Crippen molar-refractivity contribution in [3.63, 3.8) is 0 Å². The molecule has 0 radical (unpaired) electrons. The fraction of sp³-hybridized carbons (Fsp3) is 0.120. The molecule has 0 saturated carbocycles. The summed E-state index contributed by atoms with van der Waals surface area (Å²) in [6.45, 7) is 6.41. The van der Waals surface area contributed by atoms with Crippen LogP contribution < -0.4 is 0 Å². The minimum Gasteiger partial charge on any atom is -0.255 e. The van der Waals surface area contributed by atoms with Crippen LogP contribution in [-0.4, -0.2) is 14.8 Å². The molecule has 5 rings (SSSR count). The highest BCUT2D eigenvalue weighted by molar-refractivity contribution is 6.08. The molecule has 0 spiro atoms. The predicted octanol–water partition coefficient (Wildman–Crippen LogP) is 6.17. The molecule has 0 fully saturated rings. The lowest BCUT2D eigenvalue weighted by atomic mass is 10.1. The quantitative estimate of drug-likeness (QED) is 0.376. The second kappa shape index (κ2) is 6.31. The first kappa shape index (κ1) is 16.7. The number of hydrogen-bond acceptors (Lipinski definition) is 2. The number of hydrogen-bond donors (Lipinski definition) is 0. The number of benzene rings is 3. The molecule has 0 N–H and O–H groups in total. The zero-order valence-electron chi connectivity index (χ0n) is 16.3. The lowest BCUT2D eigenvalue weighted by molar-refractivity contribution is 0.906. The highest BCUT2D eigenvalue weighted by Crippen LogP contribution is 2.34. The Morgan fingerprint density at radius 2 is 1.61 bits per heavy atom. The van der Waals surface area contributed by atoms with Crippen LogP contribution in [0, 0.1) is 20.8 Å². The van der Waals surface area contributed by atoms with E-state index in [1.165, 1.54) is 16.7 Å². The minimum absolute atomic E-state index is 0.964. The van der Waals surface area contributed by atoms with Crippen molar-refractivity contribution in [2.45, 2.75) is 20.8 Å². The normalized spacial score (nSPS) is 11.4. The molecule has 0 aliphatic heterocycles. The predicted molar refractivity (Wildman–Crippen MR) is 116 cm³/mol. The van der Waals surface area contributed by atoms with Crippen molar-refractivity contribution in [3.8, 4) is 16.9 Å². The van der Waals surface area contributed by atoms with Crippen molar-refractivity contribution in [2.24, 2.45) is 0 Å². The molecule has 5 aromatic rings. The van der Waals surface area contributed by atoms with E-state index < -0.39 is 0 Å². The Kier molecular flexibility index (Phi) is 3.76. The summed E-state index contributed by atoms with van der Waals surface area (Å²) in [4.78, 5) is 4.75. The van der Waals surface area contributed by atoms with Crippen molar-refractivity contribution in [3.05, 3.63) is 89.6 Å². The number of pyridine rings is 1. The molecular weight excluding hydrogens is 342 g/mol. The van der Waals surface area contributed by atoms with E-state index in [9.17, 15) is 0 Å². The van der Waals surface area contributed by atoms with Gasteiger partial charge in [-0.15, -0.1) is 0 Å². The third-order valence-corrected chi connectivity index (χ3v) is 5.51. The molecule has 2 heterocycles. The molecule has 0 aliphatic carbocycles. The van der Waals surface area contributed by atoms with Gasteiger partial charge in [0.1, 0.15) is 5.69 Å². The third-order valence-electron chi connectivity index (χ3n) is 5.51. The Balaban J connectivity index is 1.95. The first-order chi connectivity index (χ1) is 13.6. The van der Waals surface area contributed by atoms with Crippen LogP contribution in [0.4, 0.5) is 0 Å². The molecule has 28 heavy (non-hydrogen) atoms. The fourth-order valence-corrected chi connectivity index (χ4v) is 3.84. The molecule has 3 aromatic carbocycles. The molecular formula is C25H21N3. The van der Waals surface area contributed by atoms with Gasteiger partial charge in [0.15, 0.2) is 0 Å². The summed E-state index contributed by atoms with van der Waals surface area (Å²) in [7, 11) is 0. The van der Waals surface area contributed by atoms with Gasteiger partial charge in [-0.3, -0.25) is 4.98 Å². The molecule has 0 unspecified atom stereocenters. The Labute approximate surface area is 164 Å². The molecule has 136 valence electrons. The van der Waals surface area contributed by atoms with E-state index >= 15 is 0 Å². The van der Waals surface area contributed by atoms with Gasteiger partial charge in [0, 0.05) is 22.5 Å². The first-order valence-electron chi connectivity index (χ1n) is 9.53. The lowest BCUT2D eigenvalue weighted by Crippen LogP contribution is -2.01. The zero-order chi connectivity index (χ0) is 19.3. The van der Waals surface area contributed by atoms with E-state index in [2.05, 4.69) is 86.1 Å². The number of aromatic nitrogens is 3. The highest BCUT2D eigenvalue weighted by Gasteiger charge is 2.18. The largest absolute Gasteiger partial charge is 0.255 e. The highest BCUT2D eigenvalue weighted by atomic mass is 15.3. The van der Waals surface area contributed by atoms with Crippen LogP contribution in [0.2, 0.25) is 0 Å². The maximum absolute atomic E-state index is 5.08. The van der Waals surface area contributed by atoms with Gasteiger partial charge >= 0.3 is 0 Å². The number of aryl methyl sites for hydroxylation is 2. The van der Waals surface area contributed by atoms with Gasteiger partial charge in [0.25, 0.3) is 0 Å². The molecule has 0 amide bonds. The topological polar surface area (TPSA) is 30.7 Å². The Hall–Kier alpha value is -3.46. The summed E-state index contributed by atoms with van der Waals surface area (Å²) in [5.41, 5.74) is 8.99. The molecule has 2 aromatic heterocycles. The van der Waals surface area contributed by atoms with Crippen LogP contribution in [0.15, 0.2) is 72.9 Å². The number of fused-ring (bicyclic) bond motifs is 3. The monoisotopic (exact) mass is 363 g/mol. The summed E-state index contributed by atoms with van der Waals surface area (Å²) in [6.07, 6.45) is 1.97. The van der Waals surface area contributed by atoms with Crippen molar-refractivity contribution in [1.29, 1.82) is 0 Å². The standard InChI is InChI=1S/C25H21N3/c1-16-12-13-20-22(14-16)26-15-21-24(19-9-5-4-6-10-19)27-28(25(20)21)23-11-7-8-17(2)18(23)3/h4-15H,1-3H3. The van der Waals surface area contributed by atoms with Crippen molar-refractivity contribution < 1.29 is 0 Å². The van der Waals surface area contributed by atoms with Gasteiger partial charge in [0.2, 0.25) is 0 Å². The van der Waals surface area contributed by atoms with Gasteiger partial charge in [-0.2, -0.15) is 5.10 Å². The van der Waals surface area contributed by atoms with Gasteiger partial charge in [-0.1, -0.05) is 54.6 Å². The number of nitrogens with zero attached hydrogens (tertiary/aromatic N) is 3. The fourth-order valence-electron chi connectivity index (χ4n) is 3.84. The Morgan fingerprint density at radius 3 is 2.43 bits per heavy atom. The molecule has 0 bridgehead atoms. The van der Waals surface area contributed by atoms with Crippen molar-refractivity contribution in [1.82, 2.24) is 14.8 Å². The summed E-state index contributed by atoms with van der Waals surface area (Å²) < 4.78 is 2.10. The zero-order valence-corrected chi connectivity index (χ0v) is 16.3. The molecule has 0 atom stereocenters. The van der Waals surface area contributed by atoms with Crippen LogP contribution in [0.25, 0.3) is 38.8 Å². The van der Waals surface area contributed by atoms with E-state index in [4.69, 9.17) is 10.1 Å². The van der Waals surface area contributed by atoms with Gasteiger partial charge < -0.3 is 0 Å². The smallest absolute Gasteiger partial charge is 0.102 e. The Bertz CT molecular complexity index is 1330. The summed E-state index contributed by atoms with van der Waals surface area (Å²) in [5, 5.41) is 7.28. The lowest BCUT2D eigenvalue weighted by Gasteiger charge is -2.11.